The van der Waals surface area contributed by atoms with E-state index in [0.717, 1.165) is 24.7 Å². The van der Waals surface area contributed by atoms with E-state index in [4.69, 9.17) is 13.9 Å². The minimum atomic E-state index is -0.467. The zero-order valence-electron chi connectivity index (χ0n) is 16.8. The third kappa shape index (κ3) is 7.90. The molecule has 27 heavy (non-hydrogen) atoms. The molecule has 1 fully saturated rings. The highest BCUT2D eigenvalue weighted by Gasteiger charge is 2.34. The van der Waals surface area contributed by atoms with Crippen molar-refractivity contribution in [3.63, 3.8) is 0 Å². The highest BCUT2D eigenvalue weighted by Crippen LogP contribution is 2.15. The van der Waals surface area contributed by atoms with Crippen molar-refractivity contribution in [1.82, 2.24) is 15.5 Å². The standard InChI is InChI=1S/C19H32N4O4/c1-5-20-17(21-9-7-10-25-14-16-8-6-11-26-16)22-15-12-23(13-15)18(24)27-19(2,3)4/h6,8,11,15H,5,7,9-10,12-14H2,1-4H3,(H2,20,21,22). The van der Waals surface area contributed by atoms with Gasteiger partial charge in [0.15, 0.2) is 5.96 Å². The molecule has 1 aliphatic rings. The number of hydrogen-bond donors (Lipinski definition) is 2. The second-order valence-electron chi connectivity index (χ2n) is 7.47. The number of nitrogens with one attached hydrogen (secondary N) is 2. The van der Waals surface area contributed by atoms with Gasteiger partial charge in [0.05, 0.1) is 12.3 Å². The van der Waals surface area contributed by atoms with Crippen molar-refractivity contribution in [1.29, 1.82) is 0 Å². The largest absolute Gasteiger partial charge is 0.467 e. The lowest BCUT2D eigenvalue weighted by Crippen LogP contribution is -2.63. The normalized spacial score (nSPS) is 15.4. The van der Waals surface area contributed by atoms with E-state index in [9.17, 15) is 4.79 Å². The molecule has 0 unspecified atom stereocenters. The Morgan fingerprint density at radius 2 is 2.19 bits per heavy atom. The van der Waals surface area contributed by atoms with Crippen molar-refractivity contribution in [3.8, 4) is 0 Å². The average Bonchev–Trinajstić information content (AvgIpc) is 3.05. The predicted octanol–water partition coefficient (Wildman–Crippen LogP) is 2.36. The maximum Gasteiger partial charge on any atom is 0.410 e. The van der Waals surface area contributed by atoms with E-state index in [1.807, 2.05) is 39.8 Å². The molecule has 0 spiro atoms. The van der Waals surface area contributed by atoms with Crippen LogP contribution in [0.1, 0.15) is 39.9 Å². The van der Waals surface area contributed by atoms with Crippen molar-refractivity contribution >= 4 is 12.1 Å². The summed E-state index contributed by atoms with van der Waals surface area (Å²) in [6.45, 7) is 11.4. The van der Waals surface area contributed by atoms with Crippen molar-refractivity contribution in [3.05, 3.63) is 24.2 Å². The fourth-order valence-electron chi connectivity index (χ4n) is 2.48. The zero-order chi connectivity index (χ0) is 19.7. The number of guanidine groups is 1. The zero-order valence-corrected chi connectivity index (χ0v) is 16.8. The van der Waals surface area contributed by atoms with Gasteiger partial charge in [0.2, 0.25) is 0 Å². The number of amides is 1. The van der Waals surface area contributed by atoms with Crippen molar-refractivity contribution < 1.29 is 18.7 Å². The van der Waals surface area contributed by atoms with Gasteiger partial charge in [0.25, 0.3) is 0 Å². The Hall–Kier alpha value is -2.22. The Bertz CT molecular complexity index is 589. The summed E-state index contributed by atoms with van der Waals surface area (Å²) in [5, 5.41) is 6.57. The van der Waals surface area contributed by atoms with E-state index < -0.39 is 5.60 Å². The first-order valence-corrected chi connectivity index (χ1v) is 9.50. The molecule has 0 bridgehead atoms. The van der Waals surface area contributed by atoms with Gasteiger partial charge in [-0.3, -0.25) is 4.99 Å². The van der Waals surface area contributed by atoms with Crippen molar-refractivity contribution in [2.45, 2.75) is 52.4 Å². The average molecular weight is 380 g/mol. The molecule has 8 nitrogen and oxygen atoms in total. The number of nitrogens with zero attached hydrogens (tertiary/aromatic N) is 2. The minimum Gasteiger partial charge on any atom is -0.467 e. The summed E-state index contributed by atoms with van der Waals surface area (Å²) in [5.41, 5.74) is -0.467. The summed E-state index contributed by atoms with van der Waals surface area (Å²) < 4.78 is 16.1. The summed E-state index contributed by atoms with van der Waals surface area (Å²) in [4.78, 5) is 18.2. The smallest absolute Gasteiger partial charge is 0.410 e. The van der Waals surface area contributed by atoms with E-state index in [1.165, 1.54) is 0 Å². The molecule has 0 aliphatic carbocycles. The molecule has 0 aromatic carbocycles. The summed E-state index contributed by atoms with van der Waals surface area (Å²) in [6, 6.07) is 3.93. The van der Waals surface area contributed by atoms with Crippen LogP contribution >= 0.6 is 0 Å². The van der Waals surface area contributed by atoms with Gasteiger partial charge in [-0.25, -0.2) is 4.79 Å². The number of carbonyl (C=O) groups is 1. The van der Waals surface area contributed by atoms with Crippen molar-refractivity contribution in [2.75, 3.05) is 32.8 Å². The maximum absolute atomic E-state index is 12.0. The second-order valence-corrected chi connectivity index (χ2v) is 7.47. The minimum absolute atomic E-state index is 0.186. The highest BCUT2D eigenvalue weighted by molar-refractivity contribution is 5.80. The molecular weight excluding hydrogens is 348 g/mol. The Morgan fingerprint density at radius 1 is 1.41 bits per heavy atom. The second kappa shape index (κ2) is 10.2. The Kier molecular flexibility index (Phi) is 7.97. The van der Waals surface area contributed by atoms with Crippen LogP contribution in [0.15, 0.2) is 27.8 Å². The summed E-state index contributed by atoms with van der Waals surface area (Å²) in [7, 11) is 0. The molecule has 2 heterocycles. The van der Waals surface area contributed by atoms with E-state index >= 15 is 0 Å². The lowest BCUT2D eigenvalue weighted by molar-refractivity contribution is 0.00700. The van der Waals surface area contributed by atoms with E-state index in [-0.39, 0.29) is 12.1 Å². The van der Waals surface area contributed by atoms with E-state index in [2.05, 4.69) is 15.6 Å². The molecule has 1 amide bonds. The Morgan fingerprint density at radius 3 is 2.81 bits per heavy atom. The van der Waals surface area contributed by atoms with Gasteiger partial charge in [-0.1, -0.05) is 0 Å². The number of hydrogen-bond acceptors (Lipinski definition) is 5. The van der Waals surface area contributed by atoms with Gasteiger partial charge in [-0.05, 0) is 46.2 Å². The molecule has 1 saturated heterocycles. The molecule has 152 valence electrons. The van der Waals surface area contributed by atoms with Gasteiger partial charge in [-0.15, -0.1) is 0 Å². The fourth-order valence-corrected chi connectivity index (χ4v) is 2.48. The summed E-state index contributed by atoms with van der Waals surface area (Å²) in [5.74, 6) is 1.59. The number of ether oxygens (including phenoxy) is 2. The van der Waals surface area contributed by atoms with Gasteiger partial charge in [-0.2, -0.15) is 0 Å². The summed E-state index contributed by atoms with van der Waals surface area (Å²) in [6.07, 6.45) is 2.20. The molecule has 1 aliphatic heterocycles. The maximum atomic E-state index is 12.0. The van der Waals surface area contributed by atoms with Gasteiger partial charge < -0.3 is 29.4 Å². The molecule has 0 radical (unpaired) electrons. The number of furan rings is 1. The van der Waals surface area contributed by atoms with Gasteiger partial charge in [0.1, 0.15) is 18.0 Å². The molecule has 0 saturated carbocycles. The number of aliphatic imine (C=N–C) groups is 1. The van der Waals surface area contributed by atoms with Crippen LogP contribution < -0.4 is 10.6 Å². The molecule has 1 aromatic rings. The number of carbonyl (C=O) groups excluding carboxylic acids is 1. The van der Waals surface area contributed by atoms with Crippen LogP contribution in [0.5, 0.6) is 0 Å². The SMILES string of the molecule is CCNC(=NCCCOCc1ccco1)NC1CN(C(=O)OC(C)(C)C)C1. The Balaban J connectivity index is 1.63. The third-order valence-corrected chi connectivity index (χ3v) is 3.76. The van der Waals surface area contributed by atoms with E-state index in [0.29, 0.717) is 32.8 Å². The molecule has 0 atom stereocenters. The number of rotatable bonds is 8. The quantitative estimate of drug-likeness (QED) is 0.409. The van der Waals surface area contributed by atoms with E-state index in [1.54, 1.807) is 11.2 Å². The monoisotopic (exact) mass is 380 g/mol. The molecular formula is C19H32N4O4. The molecule has 8 heteroatoms. The molecule has 2 rings (SSSR count). The lowest BCUT2D eigenvalue weighted by atomic mass is 10.1. The topological polar surface area (TPSA) is 88.3 Å². The molecule has 2 N–H and O–H groups in total. The first-order valence-electron chi connectivity index (χ1n) is 9.50. The lowest BCUT2D eigenvalue weighted by Gasteiger charge is -2.40. The summed E-state index contributed by atoms with van der Waals surface area (Å²) >= 11 is 0. The van der Waals surface area contributed by atoms with Crippen LogP contribution in [-0.2, 0) is 16.1 Å². The van der Waals surface area contributed by atoms with Crippen LogP contribution in [0.4, 0.5) is 4.79 Å². The fraction of sp³-hybridized carbons (Fsp3) is 0.684. The van der Waals surface area contributed by atoms with Gasteiger partial charge in [0, 0.05) is 32.8 Å². The van der Waals surface area contributed by atoms with Crippen LogP contribution in [0.3, 0.4) is 0 Å². The highest BCUT2D eigenvalue weighted by atomic mass is 16.6. The predicted molar refractivity (Wildman–Crippen MR) is 104 cm³/mol. The molecule has 1 aromatic heterocycles. The van der Waals surface area contributed by atoms with Crippen LogP contribution in [0.2, 0.25) is 0 Å². The van der Waals surface area contributed by atoms with Crippen molar-refractivity contribution in [2.24, 2.45) is 4.99 Å². The third-order valence-electron chi connectivity index (χ3n) is 3.76. The van der Waals surface area contributed by atoms with Crippen LogP contribution in [0, 0.1) is 0 Å². The first kappa shape index (κ1) is 21.1. The number of likely N-dealkylation sites (tertiary alicyclic amines) is 1. The van der Waals surface area contributed by atoms with Crippen LogP contribution in [-0.4, -0.2) is 61.4 Å². The van der Waals surface area contributed by atoms with Crippen LogP contribution in [0.25, 0.3) is 0 Å². The Labute approximate surface area is 161 Å². The first-order chi connectivity index (χ1) is 12.9. The van der Waals surface area contributed by atoms with Gasteiger partial charge >= 0.3 is 6.09 Å².